The van der Waals surface area contributed by atoms with E-state index in [4.69, 9.17) is 0 Å². The number of halogens is 2. The number of para-hydroxylation sites is 1. The average Bonchev–Trinajstić information content (AvgIpc) is 2.38. The minimum Gasteiger partial charge on any atom is -0.380 e. The molecule has 0 radical (unpaired) electrons. The molecule has 0 atom stereocenters. The van der Waals surface area contributed by atoms with E-state index in [1.165, 1.54) is 6.07 Å². The molecule has 0 spiro atoms. The lowest BCUT2D eigenvalue weighted by atomic mass is 10.2. The van der Waals surface area contributed by atoms with Gasteiger partial charge in [0.2, 0.25) is 0 Å². The monoisotopic (exact) mass is 325 g/mol. The Hall–Kier alpha value is -1.00. The molecule has 0 aliphatic heterocycles. The van der Waals surface area contributed by atoms with Crippen molar-refractivity contribution in [2.45, 2.75) is 11.4 Å². The number of hydrogen-bond donors (Lipinski definition) is 1. The lowest BCUT2D eigenvalue weighted by Gasteiger charge is -2.11. The summed E-state index contributed by atoms with van der Waals surface area (Å²) in [6.45, 7) is 0.483. The van der Waals surface area contributed by atoms with Crippen molar-refractivity contribution < 1.29 is 4.39 Å². The standard InChI is InChI=1S/C14H13BrFNS/c1-18-14-5-3-2-4-13(14)17-9-10-6-7-11(15)8-12(10)16/h2-8,17H,9H2,1H3. The van der Waals surface area contributed by atoms with Crippen LogP contribution in [0.1, 0.15) is 5.56 Å². The molecular weight excluding hydrogens is 313 g/mol. The molecule has 2 aromatic carbocycles. The highest BCUT2D eigenvalue weighted by Crippen LogP contribution is 2.25. The van der Waals surface area contributed by atoms with Gasteiger partial charge in [0, 0.05) is 27.2 Å². The van der Waals surface area contributed by atoms with Crippen molar-refractivity contribution in [1.29, 1.82) is 0 Å². The molecule has 18 heavy (non-hydrogen) atoms. The molecular formula is C14H13BrFNS. The second-order valence-corrected chi connectivity index (χ2v) is 5.55. The first kappa shape index (κ1) is 13.4. The second kappa shape index (κ2) is 6.25. The summed E-state index contributed by atoms with van der Waals surface area (Å²) in [4.78, 5) is 1.16. The fraction of sp³-hybridized carbons (Fsp3) is 0.143. The quantitative estimate of drug-likeness (QED) is 0.800. The molecule has 0 fully saturated rings. The minimum atomic E-state index is -0.196. The molecule has 0 aliphatic rings. The van der Waals surface area contributed by atoms with Crippen LogP contribution in [0.5, 0.6) is 0 Å². The van der Waals surface area contributed by atoms with Gasteiger partial charge >= 0.3 is 0 Å². The van der Waals surface area contributed by atoms with Crippen LogP contribution < -0.4 is 5.32 Å². The largest absolute Gasteiger partial charge is 0.380 e. The van der Waals surface area contributed by atoms with E-state index in [1.807, 2.05) is 36.6 Å². The lowest BCUT2D eigenvalue weighted by molar-refractivity contribution is 0.612. The zero-order valence-corrected chi connectivity index (χ0v) is 12.3. The zero-order chi connectivity index (χ0) is 13.0. The van der Waals surface area contributed by atoms with Crippen molar-refractivity contribution >= 4 is 33.4 Å². The van der Waals surface area contributed by atoms with Gasteiger partial charge in [-0.1, -0.05) is 34.1 Å². The third kappa shape index (κ3) is 3.27. The van der Waals surface area contributed by atoms with Crippen molar-refractivity contribution in [3.63, 3.8) is 0 Å². The Balaban J connectivity index is 2.11. The molecule has 1 nitrogen and oxygen atoms in total. The maximum absolute atomic E-state index is 13.7. The van der Waals surface area contributed by atoms with Gasteiger partial charge in [0.25, 0.3) is 0 Å². The van der Waals surface area contributed by atoms with E-state index >= 15 is 0 Å². The van der Waals surface area contributed by atoms with Gasteiger partial charge in [-0.05, 0) is 30.5 Å². The highest BCUT2D eigenvalue weighted by molar-refractivity contribution is 9.10. The normalized spacial score (nSPS) is 10.4. The van der Waals surface area contributed by atoms with Crippen molar-refractivity contribution in [2.24, 2.45) is 0 Å². The van der Waals surface area contributed by atoms with E-state index < -0.39 is 0 Å². The van der Waals surface area contributed by atoms with E-state index in [0.717, 1.165) is 15.1 Å². The van der Waals surface area contributed by atoms with E-state index in [9.17, 15) is 4.39 Å². The number of nitrogens with one attached hydrogen (secondary N) is 1. The number of rotatable bonds is 4. The van der Waals surface area contributed by atoms with Gasteiger partial charge in [-0.15, -0.1) is 11.8 Å². The van der Waals surface area contributed by atoms with Crippen molar-refractivity contribution in [3.05, 3.63) is 58.3 Å². The SMILES string of the molecule is CSc1ccccc1NCc1ccc(Br)cc1F. The van der Waals surface area contributed by atoms with E-state index in [1.54, 1.807) is 17.8 Å². The molecule has 0 unspecified atom stereocenters. The first-order valence-electron chi connectivity index (χ1n) is 5.51. The summed E-state index contributed by atoms with van der Waals surface area (Å²) in [6.07, 6.45) is 2.03. The van der Waals surface area contributed by atoms with Crippen LogP contribution in [0.2, 0.25) is 0 Å². The van der Waals surface area contributed by atoms with Crippen LogP contribution in [-0.2, 0) is 6.54 Å². The van der Waals surface area contributed by atoms with Gasteiger partial charge in [0.15, 0.2) is 0 Å². The third-order valence-corrected chi connectivity index (χ3v) is 3.88. The van der Waals surface area contributed by atoms with E-state index in [2.05, 4.69) is 21.2 Å². The fourth-order valence-electron chi connectivity index (χ4n) is 1.65. The highest BCUT2D eigenvalue weighted by Gasteiger charge is 2.04. The summed E-state index contributed by atoms with van der Waals surface area (Å²) in [5.74, 6) is -0.196. The lowest BCUT2D eigenvalue weighted by Crippen LogP contribution is -2.02. The topological polar surface area (TPSA) is 12.0 Å². The molecule has 0 heterocycles. The van der Waals surface area contributed by atoms with Gasteiger partial charge in [-0.2, -0.15) is 0 Å². The van der Waals surface area contributed by atoms with Gasteiger partial charge in [0.05, 0.1) is 0 Å². The van der Waals surface area contributed by atoms with Crippen LogP contribution in [-0.4, -0.2) is 6.26 Å². The van der Waals surface area contributed by atoms with Crippen LogP contribution >= 0.6 is 27.7 Å². The predicted octanol–water partition coefficient (Wildman–Crippen LogP) is 4.92. The maximum Gasteiger partial charge on any atom is 0.129 e. The molecule has 4 heteroatoms. The van der Waals surface area contributed by atoms with Crippen LogP contribution in [0.15, 0.2) is 51.8 Å². The van der Waals surface area contributed by atoms with Gasteiger partial charge in [-0.25, -0.2) is 4.39 Å². The number of thioether (sulfide) groups is 1. The van der Waals surface area contributed by atoms with Crippen LogP contribution in [0.25, 0.3) is 0 Å². The molecule has 0 saturated carbocycles. The summed E-state index contributed by atoms with van der Waals surface area (Å²) in [5.41, 5.74) is 1.70. The Morgan fingerprint density at radius 3 is 2.72 bits per heavy atom. The number of anilines is 1. The Morgan fingerprint density at radius 1 is 1.22 bits per heavy atom. The summed E-state index contributed by atoms with van der Waals surface area (Å²) < 4.78 is 14.4. The van der Waals surface area contributed by atoms with E-state index in [-0.39, 0.29) is 5.82 Å². The second-order valence-electron chi connectivity index (χ2n) is 3.79. The molecule has 94 valence electrons. The Labute approximate surface area is 119 Å². The first-order valence-corrected chi connectivity index (χ1v) is 7.53. The van der Waals surface area contributed by atoms with Crippen molar-refractivity contribution in [1.82, 2.24) is 0 Å². The molecule has 0 aromatic heterocycles. The predicted molar refractivity (Wildman–Crippen MR) is 79.6 cm³/mol. The van der Waals surface area contributed by atoms with Gasteiger partial charge in [-0.3, -0.25) is 0 Å². The Kier molecular flexibility index (Phi) is 4.66. The molecule has 0 aliphatic carbocycles. The number of hydrogen-bond acceptors (Lipinski definition) is 2. The molecule has 0 amide bonds. The Bertz CT molecular complexity index is 545. The van der Waals surface area contributed by atoms with Gasteiger partial charge in [0.1, 0.15) is 5.82 Å². The zero-order valence-electron chi connectivity index (χ0n) is 9.91. The van der Waals surface area contributed by atoms with Crippen molar-refractivity contribution in [2.75, 3.05) is 11.6 Å². The summed E-state index contributed by atoms with van der Waals surface area (Å²) >= 11 is 4.92. The maximum atomic E-state index is 13.7. The third-order valence-electron chi connectivity index (χ3n) is 2.59. The first-order chi connectivity index (χ1) is 8.70. The van der Waals surface area contributed by atoms with Crippen LogP contribution in [0.3, 0.4) is 0 Å². The summed E-state index contributed by atoms with van der Waals surface area (Å²) in [5, 5.41) is 3.26. The van der Waals surface area contributed by atoms with Crippen LogP contribution in [0, 0.1) is 5.82 Å². The smallest absolute Gasteiger partial charge is 0.129 e. The average molecular weight is 326 g/mol. The summed E-state index contributed by atoms with van der Waals surface area (Å²) in [6, 6.07) is 13.1. The highest BCUT2D eigenvalue weighted by atomic mass is 79.9. The molecule has 0 saturated heterocycles. The molecule has 2 rings (SSSR count). The van der Waals surface area contributed by atoms with Gasteiger partial charge < -0.3 is 5.32 Å². The molecule has 0 bridgehead atoms. The fourth-order valence-corrected chi connectivity index (χ4v) is 2.55. The van der Waals surface area contributed by atoms with E-state index in [0.29, 0.717) is 12.1 Å². The Morgan fingerprint density at radius 2 is 2.00 bits per heavy atom. The summed E-state index contributed by atoms with van der Waals surface area (Å²) in [7, 11) is 0. The minimum absolute atomic E-state index is 0.196. The van der Waals surface area contributed by atoms with Crippen LogP contribution in [0.4, 0.5) is 10.1 Å². The van der Waals surface area contributed by atoms with Crippen molar-refractivity contribution in [3.8, 4) is 0 Å². The number of benzene rings is 2. The molecule has 1 N–H and O–H groups in total. The molecule has 2 aromatic rings.